The van der Waals surface area contributed by atoms with E-state index in [0.29, 0.717) is 6.42 Å². The van der Waals surface area contributed by atoms with E-state index in [1.165, 1.54) is 0 Å². The van der Waals surface area contributed by atoms with Crippen molar-refractivity contribution in [3.05, 3.63) is 0 Å². The van der Waals surface area contributed by atoms with Crippen molar-refractivity contribution in [2.45, 2.75) is 58.5 Å². The van der Waals surface area contributed by atoms with Crippen LogP contribution in [0.4, 0.5) is 4.79 Å². The average Bonchev–Trinajstić information content (AvgIpc) is 2.43. The Morgan fingerprint density at radius 3 is 2.38 bits per heavy atom. The van der Waals surface area contributed by atoms with Crippen LogP contribution in [-0.2, 0) is 4.79 Å². The Labute approximate surface area is 132 Å². The lowest BCUT2D eigenvalue weighted by atomic mass is 10.0. The van der Waals surface area contributed by atoms with E-state index >= 15 is 0 Å². The van der Waals surface area contributed by atoms with E-state index in [1.54, 1.807) is 23.6 Å². The van der Waals surface area contributed by atoms with Crippen molar-refractivity contribution in [2.75, 3.05) is 19.1 Å². The minimum atomic E-state index is -0.755. The van der Waals surface area contributed by atoms with E-state index in [2.05, 4.69) is 12.2 Å². The number of carbonyl (C=O) groups is 2. The third kappa shape index (κ3) is 8.19. The topological polar surface area (TPSA) is 69.6 Å². The molecule has 5 nitrogen and oxygen atoms in total. The van der Waals surface area contributed by atoms with Gasteiger partial charge < -0.3 is 15.3 Å². The molecule has 0 aromatic rings. The summed E-state index contributed by atoms with van der Waals surface area (Å²) in [5.41, 5.74) is 0. The molecule has 0 saturated carbocycles. The number of amides is 2. The molecule has 0 fully saturated rings. The number of thioether (sulfide) groups is 1. The van der Waals surface area contributed by atoms with Gasteiger partial charge in [0.1, 0.15) is 0 Å². The van der Waals surface area contributed by atoms with Crippen LogP contribution in [-0.4, -0.2) is 53.1 Å². The van der Waals surface area contributed by atoms with E-state index in [-0.39, 0.29) is 24.0 Å². The summed E-state index contributed by atoms with van der Waals surface area (Å²) in [6, 6.07) is 0.265. The van der Waals surface area contributed by atoms with Crippen LogP contribution in [0.25, 0.3) is 0 Å². The number of aliphatic carboxylic acids is 1. The van der Waals surface area contributed by atoms with E-state index in [1.807, 2.05) is 20.2 Å². The summed E-state index contributed by atoms with van der Waals surface area (Å²) >= 11 is 1.74. The van der Waals surface area contributed by atoms with Gasteiger partial charge in [-0.25, -0.2) is 4.79 Å². The molecule has 3 unspecified atom stereocenters. The van der Waals surface area contributed by atoms with Crippen molar-refractivity contribution in [1.29, 1.82) is 0 Å². The average molecular weight is 318 g/mol. The highest BCUT2D eigenvalue weighted by molar-refractivity contribution is 7.98. The number of carbonyl (C=O) groups excluding carboxylic acids is 1. The molecular formula is C15H30N2O3S. The highest BCUT2D eigenvalue weighted by Crippen LogP contribution is 2.11. The molecular weight excluding hydrogens is 288 g/mol. The number of hydrogen-bond acceptors (Lipinski definition) is 3. The second-order valence-electron chi connectivity index (χ2n) is 5.65. The molecule has 0 saturated heterocycles. The Balaban J connectivity index is 4.10. The minimum absolute atomic E-state index is 0.0466. The summed E-state index contributed by atoms with van der Waals surface area (Å²) in [5.74, 6) is -0.138. The maximum atomic E-state index is 12.1. The van der Waals surface area contributed by atoms with Crippen LogP contribution in [0.5, 0.6) is 0 Å². The first-order valence-electron chi connectivity index (χ1n) is 7.58. The normalized spacial score (nSPS) is 15.1. The van der Waals surface area contributed by atoms with Crippen molar-refractivity contribution in [2.24, 2.45) is 5.92 Å². The number of nitrogens with zero attached hydrogens (tertiary/aromatic N) is 1. The second-order valence-corrected chi connectivity index (χ2v) is 6.56. The molecule has 0 radical (unpaired) electrons. The van der Waals surface area contributed by atoms with Crippen LogP contribution in [0.3, 0.4) is 0 Å². The minimum Gasteiger partial charge on any atom is -0.481 e. The highest BCUT2D eigenvalue weighted by Gasteiger charge is 2.19. The van der Waals surface area contributed by atoms with Gasteiger partial charge in [-0.15, -0.1) is 0 Å². The van der Waals surface area contributed by atoms with Gasteiger partial charge >= 0.3 is 12.0 Å². The zero-order valence-corrected chi connectivity index (χ0v) is 14.7. The fraction of sp³-hybridized carbons (Fsp3) is 0.867. The first-order valence-corrected chi connectivity index (χ1v) is 8.97. The second kappa shape index (κ2) is 10.8. The quantitative estimate of drug-likeness (QED) is 0.649. The van der Waals surface area contributed by atoms with Crippen LogP contribution in [0.15, 0.2) is 0 Å². The van der Waals surface area contributed by atoms with Gasteiger partial charge in [-0.1, -0.05) is 20.3 Å². The fourth-order valence-electron chi connectivity index (χ4n) is 2.10. The molecule has 0 spiro atoms. The molecule has 2 amide bonds. The van der Waals surface area contributed by atoms with Gasteiger partial charge in [-0.05, 0) is 32.4 Å². The van der Waals surface area contributed by atoms with Gasteiger partial charge in [0.25, 0.3) is 0 Å². The molecule has 0 bridgehead atoms. The van der Waals surface area contributed by atoms with E-state index in [0.717, 1.165) is 25.0 Å². The molecule has 6 heteroatoms. The van der Waals surface area contributed by atoms with Crippen molar-refractivity contribution >= 4 is 23.8 Å². The van der Waals surface area contributed by atoms with Crippen LogP contribution >= 0.6 is 11.8 Å². The number of hydrogen-bond donors (Lipinski definition) is 2. The summed E-state index contributed by atoms with van der Waals surface area (Å²) in [6.45, 7) is 5.77. The van der Waals surface area contributed by atoms with Crippen LogP contribution in [0.1, 0.15) is 46.5 Å². The SMILES string of the molecule is CCC(CSC)N(C)C(=O)NC(C)CCCC(C)C(=O)O. The Hall–Kier alpha value is -0.910. The molecule has 0 heterocycles. The van der Waals surface area contributed by atoms with Gasteiger partial charge in [-0.3, -0.25) is 4.79 Å². The predicted octanol–water partition coefficient (Wildman–Crippen LogP) is 3.05. The molecule has 2 N–H and O–H groups in total. The fourth-order valence-corrected chi connectivity index (χ4v) is 2.94. The zero-order chi connectivity index (χ0) is 16.4. The maximum absolute atomic E-state index is 12.1. The largest absolute Gasteiger partial charge is 0.481 e. The lowest BCUT2D eigenvalue weighted by Crippen LogP contribution is -2.47. The number of carboxylic acid groups (broad SMARTS) is 1. The summed E-state index contributed by atoms with van der Waals surface area (Å²) in [4.78, 5) is 24.6. The van der Waals surface area contributed by atoms with Gasteiger partial charge in [0.15, 0.2) is 0 Å². The zero-order valence-electron chi connectivity index (χ0n) is 13.9. The molecule has 0 aromatic carbocycles. The standard InChI is InChI=1S/C15H30N2O3S/c1-6-13(10-21-5)17(4)15(20)16-12(3)9-7-8-11(2)14(18)19/h11-13H,6-10H2,1-5H3,(H,16,20)(H,18,19). The van der Waals surface area contributed by atoms with Gasteiger partial charge in [-0.2, -0.15) is 11.8 Å². The smallest absolute Gasteiger partial charge is 0.317 e. The van der Waals surface area contributed by atoms with Gasteiger partial charge in [0.05, 0.1) is 5.92 Å². The van der Waals surface area contributed by atoms with Crippen LogP contribution in [0, 0.1) is 5.92 Å². The lowest BCUT2D eigenvalue weighted by molar-refractivity contribution is -0.141. The molecule has 0 aliphatic heterocycles. The van der Waals surface area contributed by atoms with Crippen molar-refractivity contribution in [1.82, 2.24) is 10.2 Å². The molecule has 0 aromatic heterocycles. The van der Waals surface area contributed by atoms with Crippen molar-refractivity contribution < 1.29 is 14.7 Å². The Kier molecular flexibility index (Phi) is 10.3. The highest BCUT2D eigenvalue weighted by atomic mass is 32.2. The number of nitrogens with one attached hydrogen (secondary N) is 1. The van der Waals surface area contributed by atoms with Crippen molar-refractivity contribution in [3.8, 4) is 0 Å². The maximum Gasteiger partial charge on any atom is 0.317 e. The molecule has 0 aliphatic carbocycles. The van der Waals surface area contributed by atoms with E-state index in [9.17, 15) is 9.59 Å². The van der Waals surface area contributed by atoms with Gasteiger partial charge in [0.2, 0.25) is 0 Å². The summed E-state index contributed by atoms with van der Waals surface area (Å²) in [6.07, 6.45) is 5.24. The molecule has 0 rings (SSSR count). The summed E-state index contributed by atoms with van der Waals surface area (Å²) in [7, 11) is 1.83. The van der Waals surface area contributed by atoms with Crippen molar-refractivity contribution in [3.63, 3.8) is 0 Å². The van der Waals surface area contributed by atoms with Gasteiger partial charge in [0, 0.05) is 24.9 Å². The van der Waals surface area contributed by atoms with E-state index < -0.39 is 5.97 Å². The Morgan fingerprint density at radius 2 is 1.90 bits per heavy atom. The van der Waals surface area contributed by atoms with E-state index in [4.69, 9.17) is 5.11 Å². The molecule has 3 atom stereocenters. The first-order chi connectivity index (χ1) is 9.83. The number of carboxylic acids is 1. The molecule has 21 heavy (non-hydrogen) atoms. The van der Waals surface area contributed by atoms with Crippen LogP contribution < -0.4 is 5.32 Å². The third-order valence-electron chi connectivity index (χ3n) is 3.76. The first kappa shape index (κ1) is 20.1. The lowest BCUT2D eigenvalue weighted by Gasteiger charge is -2.28. The third-order valence-corrected chi connectivity index (χ3v) is 4.48. The monoisotopic (exact) mass is 318 g/mol. The summed E-state index contributed by atoms with van der Waals surface area (Å²) < 4.78 is 0. The number of rotatable bonds is 10. The molecule has 124 valence electrons. The Morgan fingerprint density at radius 1 is 1.29 bits per heavy atom. The molecule has 0 aliphatic rings. The predicted molar refractivity (Wildman–Crippen MR) is 88.9 cm³/mol. The number of urea groups is 1. The Bertz CT molecular complexity index is 326. The van der Waals surface area contributed by atoms with Crippen LogP contribution in [0.2, 0.25) is 0 Å². The summed E-state index contributed by atoms with van der Waals surface area (Å²) in [5, 5.41) is 11.8.